The molecule has 0 radical (unpaired) electrons. The lowest BCUT2D eigenvalue weighted by Crippen LogP contribution is -2.35. The number of anilines is 3. The Balaban J connectivity index is 1.75. The summed E-state index contributed by atoms with van der Waals surface area (Å²) in [5, 5.41) is 9.10. The molecular formula is C25H32Cl2N4O3. The average molecular weight is 507 g/mol. The molecule has 0 atom stereocenters. The number of nitrogens with zero attached hydrogens (tertiary/aromatic N) is 1. The number of benzene rings is 2. The van der Waals surface area contributed by atoms with Gasteiger partial charge in [0.1, 0.15) is 0 Å². The molecule has 34 heavy (non-hydrogen) atoms. The highest BCUT2D eigenvalue weighted by Crippen LogP contribution is 2.31. The van der Waals surface area contributed by atoms with Gasteiger partial charge in [0.05, 0.1) is 21.3 Å². The topological polar surface area (TPSA) is 82.7 Å². The highest BCUT2D eigenvalue weighted by atomic mass is 35.5. The monoisotopic (exact) mass is 506 g/mol. The van der Waals surface area contributed by atoms with Crippen LogP contribution in [0.5, 0.6) is 0 Å². The van der Waals surface area contributed by atoms with Crippen molar-refractivity contribution in [3.8, 4) is 0 Å². The molecule has 0 saturated carbocycles. The number of hydrogen-bond acceptors (Lipinski definition) is 4. The fourth-order valence-corrected chi connectivity index (χ4v) is 4.32. The van der Waals surface area contributed by atoms with Gasteiger partial charge in [-0.2, -0.15) is 0 Å². The molecule has 1 heterocycles. The molecule has 9 heteroatoms. The Bertz CT molecular complexity index is 974. The lowest BCUT2D eigenvalue weighted by molar-refractivity contribution is 0.0944. The van der Waals surface area contributed by atoms with E-state index < -0.39 is 6.03 Å². The summed E-state index contributed by atoms with van der Waals surface area (Å²) >= 11 is 12.3. The number of ether oxygens (including phenoxy) is 1. The number of piperidine rings is 1. The van der Waals surface area contributed by atoms with Crippen molar-refractivity contribution in [3.05, 3.63) is 52.0 Å². The number of nitrogens with one attached hydrogen (secondary N) is 3. The van der Waals surface area contributed by atoms with Crippen LogP contribution in [0.25, 0.3) is 0 Å². The van der Waals surface area contributed by atoms with Crippen LogP contribution in [0, 0.1) is 5.92 Å². The third-order valence-corrected chi connectivity index (χ3v) is 6.41. The maximum absolute atomic E-state index is 13.1. The second-order valence-electron chi connectivity index (χ2n) is 8.38. The SMILES string of the molecule is CCOCCCNC(=O)c1cc(NC(=O)Nc2c(Cl)cccc2Cl)ccc1N1CCC(C)CC1. The van der Waals surface area contributed by atoms with Crippen molar-refractivity contribution in [2.24, 2.45) is 5.92 Å². The third-order valence-electron chi connectivity index (χ3n) is 5.78. The number of para-hydroxylation sites is 1. The van der Waals surface area contributed by atoms with Gasteiger partial charge in [-0.1, -0.05) is 36.2 Å². The summed E-state index contributed by atoms with van der Waals surface area (Å²) in [4.78, 5) is 27.9. The van der Waals surface area contributed by atoms with Gasteiger partial charge >= 0.3 is 6.03 Å². The molecule has 0 aliphatic carbocycles. The number of halogens is 2. The first-order valence-corrected chi connectivity index (χ1v) is 12.4. The van der Waals surface area contributed by atoms with E-state index in [9.17, 15) is 9.59 Å². The zero-order chi connectivity index (χ0) is 24.5. The zero-order valence-corrected chi connectivity index (χ0v) is 21.1. The molecule has 2 aromatic rings. The van der Waals surface area contributed by atoms with E-state index in [1.54, 1.807) is 30.3 Å². The predicted molar refractivity (Wildman–Crippen MR) is 140 cm³/mol. The van der Waals surface area contributed by atoms with E-state index in [1.807, 2.05) is 13.0 Å². The molecule has 1 aliphatic heterocycles. The van der Waals surface area contributed by atoms with Crippen LogP contribution < -0.4 is 20.9 Å². The highest BCUT2D eigenvalue weighted by molar-refractivity contribution is 6.39. The third kappa shape index (κ3) is 7.26. The van der Waals surface area contributed by atoms with Crippen LogP contribution in [0.2, 0.25) is 10.0 Å². The first-order chi connectivity index (χ1) is 16.4. The van der Waals surface area contributed by atoms with Crippen LogP contribution in [-0.4, -0.2) is 44.8 Å². The van der Waals surface area contributed by atoms with Gasteiger partial charge in [-0.3, -0.25) is 4.79 Å². The largest absolute Gasteiger partial charge is 0.382 e. The van der Waals surface area contributed by atoms with Crippen molar-refractivity contribution >= 4 is 52.2 Å². The van der Waals surface area contributed by atoms with Crippen LogP contribution in [0.15, 0.2) is 36.4 Å². The van der Waals surface area contributed by atoms with Crippen molar-refractivity contribution in [2.45, 2.75) is 33.1 Å². The smallest absolute Gasteiger partial charge is 0.323 e. The molecule has 184 valence electrons. The number of amides is 3. The number of urea groups is 1. The first kappa shape index (κ1) is 26.1. The van der Waals surface area contributed by atoms with Gasteiger partial charge in [0.15, 0.2) is 0 Å². The minimum Gasteiger partial charge on any atom is -0.382 e. The summed E-state index contributed by atoms with van der Waals surface area (Å²) in [6.07, 6.45) is 2.89. The quantitative estimate of drug-likeness (QED) is 0.362. The summed E-state index contributed by atoms with van der Waals surface area (Å²) in [6.45, 7) is 7.74. The van der Waals surface area contributed by atoms with Crippen LogP contribution in [0.3, 0.4) is 0 Å². The lowest BCUT2D eigenvalue weighted by atomic mass is 9.98. The molecule has 1 aliphatic rings. The highest BCUT2D eigenvalue weighted by Gasteiger charge is 2.22. The Kier molecular flexibility index (Phi) is 9.86. The molecule has 0 bridgehead atoms. The number of carbonyl (C=O) groups is 2. The Morgan fingerprint density at radius 2 is 1.79 bits per heavy atom. The van der Waals surface area contributed by atoms with Crippen molar-refractivity contribution < 1.29 is 14.3 Å². The molecule has 3 amide bonds. The first-order valence-electron chi connectivity index (χ1n) is 11.7. The maximum Gasteiger partial charge on any atom is 0.323 e. The van der Waals surface area contributed by atoms with Gasteiger partial charge in [-0.25, -0.2) is 4.79 Å². The Hall–Kier alpha value is -2.48. The molecule has 3 rings (SSSR count). The van der Waals surface area contributed by atoms with E-state index in [4.69, 9.17) is 27.9 Å². The summed E-state index contributed by atoms with van der Waals surface area (Å²) in [7, 11) is 0. The maximum atomic E-state index is 13.1. The Morgan fingerprint density at radius 1 is 1.09 bits per heavy atom. The molecule has 1 saturated heterocycles. The molecule has 1 fully saturated rings. The van der Waals surface area contributed by atoms with E-state index in [-0.39, 0.29) is 5.91 Å². The van der Waals surface area contributed by atoms with Crippen LogP contribution in [-0.2, 0) is 4.74 Å². The van der Waals surface area contributed by atoms with Crippen LogP contribution in [0.1, 0.15) is 43.5 Å². The summed E-state index contributed by atoms with van der Waals surface area (Å²) < 4.78 is 5.35. The van der Waals surface area contributed by atoms with Crippen molar-refractivity contribution in [3.63, 3.8) is 0 Å². The normalized spacial score (nSPS) is 14.1. The molecular weight excluding hydrogens is 475 g/mol. The van der Waals surface area contributed by atoms with E-state index in [1.165, 1.54) is 0 Å². The minimum absolute atomic E-state index is 0.177. The minimum atomic E-state index is -0.502. The summed E-state index contributed by atoms with van der Waals surface area (Å²) in [5.41, 5.74) is 2.22. The average Bonchev–Trinajstić information content (AvgIpc) is 2.82. The Labute approximate surface area is 211 Å². The molecule has 7 nitrogen and oxygen atoms in total. The van der Waals surface area contributed by atoms with Gasteiger partial charge in [-0.15, -0.1) is 0 Å². The second kappa shape index (κ2) is 12.8. The molecule has 0 aromatic heterocycles. The lowest BCUT2D eigenvalue weighted by Gasteiger charge is -2.33. The van der Waals surface area contributed by atoms with Gasteiger partial charge < -0.3 is 25.6 Å². The second-order valence-corrected chi connectivity index (χ2v) is 9.20. The van der Waals surface area contributed by atoms with E-state index in [0.717, 1.165) is 38.0 Å². The van der Waals surface area contributed by atoms with Gasteiger partial charge in [0.2, 0.25) is 0 Å². The number of carbonyl (C=O) groups excluding carboxylic acids is 2. The standard InChI is InChI=1S/C25H32Cl2N4O3/c1-3-34-15-5-12-28-24(32)19-16-18(8-9-22(19)31-13-10-17(2)11-14-31)29-25(33)30-23-20(26)6-4-7-21(23)27/h4,6-9,16-17H,3,5,10-15H2,1-2H3,(H,28,32)(H2,29,30,33). The van der Waals surface area contributed by atoms with Crippen molar-refractivity contribution in [2.75, 3.05) is 48.4 Å². The fourth-order valence-electron chi connectivity index (χ4n) is 3.83. The molecule has 0 spiro atoms. The number of rotatable bonds is 9. The molecule has 3 N–H and O–H groups in total. The van der Waals surface area contributed by atoms with Crippen LogP contribution in [0.4, 0.5) is 21.9 Å². The molecule has 2 aromatic carbocycles. The zero-order valence-electron chi connectivity index (χ0n) is 19.6. The van der Waals surface area contributed by atoms with Gasteiger partial charge in [-0.05, 0) is 62.4 Å². The predicted octanol–water partition coefficient (Wildman–Crippen LogP) is 6.03. The van der Waals surface area contributed by atoms with E-state index >= 15 is 0 Å². The van der Waals surface area contributed by atoms with Crippen LogP contribution >= 0.6 is 23.2 Å². The number of hydrogen-bond donors (Lipinski definition) is 3. The summed E-state index contributed by atoms with van der Waals surface area (Å²) in [5.74, 6) is 0.497. The fraction of sp³-hybridized carbons (Fsp3) is 0.440. The van der Waals surface area contributed by atoms with E-state index in [0.29, 0.717) is 52.7 Å². The van der Waals surface area contributed by atoms with Crippen molar-refractivity contribution in [1.82, 2.24) is 5.32 Å². The molecule has 0 unspecified atom stereocenters. The Morgan fingerprint density at radius 3 is 2.47 bits per heavy atom. The van der Waals surface area contributed by atoms with Crippen molar-refractivity contribution in [1.29, 1.82) is 0 Å². The van der Waals surface area contributed by atoms with E-state index in [2.05, 4.69) is 27.8 Å². The van der Waals surface area contributed by atoms with Gasteiger partial charge in [0, 0.05) is 44.2 Å². The summed E-state index contributed by atoms with van der Waals surface area (Å²) in [6, 6.07) is 9.89. The van der Waals surface area contributed by atoms with Gasteiger partial charge in [0.25, 0.3) is 5.91 Å².